The van der Waals surface area contributed by atoms with Crippen molar-refractivity contribution in [1.29, 1.82) is 0 Å². The Kier molecular flexibility index (Phi) is 4.52. The molecule has 5 heteroatoms. The second kappa shape index (κ2) is 6.57. The van der Waals surface area contributed by atoms with Crippen molar-refractivity contribution in [3.8, 4) is 5.75 Å². The molecule has 0 aliphatic carbocycles. The number of hydrogen-bond donors (Lipinski definition) is 1. The van der Waals surface area contributed by atoms with Crippen LogP contribution in [-0.4, -0.2) is 57.2 Å². The van der Waals surface area contributed by atoms with E-state index < -0.39 is 0 Å². The van der Waals surface area contributed by atoms with Crippen LogP contribution in [0.25, 0.3) is 0 Å². The smallest absolute Gasteiger partial charge is 0.225 e. The number of hydrogen-bond acceptors (Lipinski definition) is 4. The first kappa shape index (κ1) is 15.2. The van der Waals surface area contributed by atoms with Crippen molar-refractivity contribution in [3.05, 3.63) is 24.3 Å². The van der Waals surface area contributed by atoms with Crippen LogP contribution >= 0.6 is 0 Å². The summed E-state index contributed by atoms with van der Waals surface area (Å²) in [6.07, 6.45) is 0. The maximum Gasteiger partial charge on any atom is 0.225 e. The fourth-order valence-electron chi connectivity index (χ4n) is 3.21. The van der Waals surface area contributed by atoms with Gasteiger partial charge in [-0.2, -0.15) is 0 Å². The maximum atomic E-state index is 12.6. The molecule has 22 heavy (non-hydrogen) atoms. The number of nitrogens with one attached hydrogen (secondary N) is 1. The highest BCUT2D eigenvalue weighted by molar-refractivity contribution is 5.79. The molecule has 1 N–H and O–H groups in total. The van der Waals surface area contributed by atoms with E-state index in [9.17, 15) is 4.79 Å². The monoisotopic (exact) mass is 303 g/mol. The van der Waals surface area contributed by atoms with Crippen LogP contribution in [-0.2, 0) is 4.79 Å². The van der Waals surface area contributed by atoms with E-state index in [1.807, 2.05) is 23.1 Å². The van der Waals surface area contributed by atoms with E-state index >= 15 is 0 Å². The van der Waals surface area contributed by atoms with E-state index in [2.05, 4.69) is 23.2 Å². The third-order valence-corrected chi connectivity index (χ3v) is 4.93. The Bertz CT molecular complexity index is 522. The number of carbonyl (C=O) groups excluding carboxylic acids is 1. The Hall–Kier alpha value is -1.75. The van der Waals surface area contributed by atoms with Gasteiger partial charge in [-0.15, -0.1) is 0 Å². The molecule has 0 radical (unpaired) electrons. The summed E-state index contributed by atoms with van der Waals surface area (Å²) < 4.78 is 5.44. The summed E-state index contributed by atoms with van der Waals surface area (Å²) in [5.41, 5.74) is 1.12. The van der Waals surface area contributed by atoms with Gasteiger partial charge in [0, 0.05) is 32.1 Å². The van der Waals surface area contributed by atoms with Gasteiger partial charge in [0.1, 0.15) is 5.75 Å². The maximum absolute atomic E-state index is 12.6. The number of piperazine rings is 1. The van der Waals surface area contributed by atoms with Gasteiger partial charge < -0.3 is 19.9 Å². The van der Waals surface area contributed by atoms with E-state index in [1.54, 1.807) is 7.11 Å². The topological polar surface area (TPSA) is 44.8 Å². The van der Waals surface area contributed by atoms with Gasteiger partial charge in [0.2, 0.25) is 5.91 Å². The van der Waals surface area contributed by atoms with Crippen LogP contribution in [0.4, 0.5) is 5.69 Å². The zero-order valence-corrected chi connectivity index (χ0v) is 13.4. The number of nitrogens with zero attached hydrogens (tertiary/aromatic N) is 2. The normalized spacial score (nSPS) is 20.5. The number of benzene rings is 1. The summed E-state index contributed by atoms with van der Waals surface area (Å²) in [5, 5.41) is 3.25. The molecule has 1 atom stereocenters. The highest BCUT2D eigenvalue weighted by Gasteiger charge is 2.33. The molecule has 0 bridgehead atoms. The lowest BCUT2D eigenvalue weighted by Gasteiger charge is -2.40. The van der Waals surface area contributed by atoms with Crippen LogP contribution in [0.3, 0.4) is 0 Å². The number of ether oxygens (including phenoxy) is 1. The molecule has 1 aromatic rings. The lowest BCUT2D eigenvalue weighted by atomic mass is 9.88. The molecule has 0 spiro atoms. The number of para-hydroxylation sites is 2. The first-order valence-corrected chi connectivity index (χ1v) is 8.08. The summed E-state index contributed by atoms with van der Waals surface area (Å²) >= 11 is 0. The highest BCUT2D eigenvalue weighted by atomic mass is 16.5. The van der Waals surface area contributed by atoms with Crippen LogP contribution in [0.15, 0.2) is 24.3 Å². The van der Waals surface area contributed by atoms with E-state index in [0.717, 1.165) is 50.7 Å². The van der Waals surface area contributed by atoms with Gasteiger partial charge >= 0.3 is 0 Å². The first-order chi connectivity index (χ1) is 10.7. The molecule has 2 fully saturated rings. The number of rotatable bonds is 4. The van der Waals surface area contributed by atoms with Crippen LogP contribution in [0.1, 0.15) is 6.92 Å². The summed E-state index contributed by atoms with van der Waals surface area (Å²) in [6, 6.07) is 8.08. The van der Waals surface area contributed by atoms with Crippen molar-refractivity contribution in [2.75, 3.05) is 51.3 Å². The minimum absolute atomic E-state index is 0.138. The van der Waals surface area contributed by atoms with E-state index in [4.69, 9.17) is 4.74 Å². The Morgan fingerprint density at radius 2 is 1.91 bits per heavy atom. The average Bonchev–Trinajstić information content (AvgIpc) is 2.52. The zero-order chi connectivity index (χ0) is 15.5. The summed E-state index contributed by atoms with van der Waals surface area (Å²) in [5.74, 6) is 1.86. The van der Waals surface area contributed by atoms with Crippen molar-refractivity contribution < 1.29 is 9.53 Å². The standard InChI is InChI=1S/C17H25N3O2/c1-13(14-11-18-12-14)17(21)20-9-7-19(8-10-20)15-5-3-4-6-16(15)22-2/h3-6,13-14,18H,7-12H2,1-2H3. The van der Waals surface area contributed by atoms with Crippen LogP contribution in [0.5, 0.6) is 5.75 Å². The second-order valence-electron chi connectivity index (χ2n) is 6.19. The minimum Gasteiger partial charge on any atom is -0.495 e. The SMILES string of the molecule is COc1ccccc1N1CCN(C(=O)C(C)C2CNC2)CC1. The molecule has 1 unspecified atom stereocenters. The molecule has 2 aliphatic heterocycles. The van der Waals surface area contributed by atoms with Gasteiger partial charge in [-0.1, -0.05) is 19.1 Å². The third kappa shape index (κ3) is 2.90. The summed E-state index contributed by atoms with van der Waals surface area (Å²) in [4.78, 5) is 16.9. The van der Waals surface area contributed by atoms with Crippen molar-refractivity contribution >= 4 is 11.6 Å². The predicted molar refractivity (Wildman–Crippen MR) is 87.3 cm³/mol. The minimum atomic E-state index is 0.138. The lowest BCUT2D eigenvalue weighted by molar-refractivity contribution is -0.137. The van der Waals surface area contributed by atoms with Crippen molar-refractivity contribution in [2.24, 2.45) is 11.8 Å². The molecule has 2 saturated heterocycles. The molecule has 2 aliphatic rings. The van der Waals surface area contributed by atoms with Gasteiger partial charge in [0.25, 0.3) is 0 Å². The van der Waals surface area contributed by atoms with Crippen molar-refractivity contribution in [1.82, 2.24) is 10.2 Å². The van der Waals surface area contributed by atoms with Crippen LogP contribution in [0, 0.1) is 11.8 Å². The third-order valence-electron chi connectivity index (χ3n) is 4.93. The second-order valence-corrected chi connectivity index (χ2v) is 6.19. The Balaban J connectivity index is 1.59. The Morgan fingerprint density at radius 3 is 2.50 bits per heavy atom. The first-order valence-electron chi connectivity index (χ1n) is 8.08. The van der Waals surface area contributed by atoms with E-state index in [-0.39, 0.29) is 5.92 Å². The quantitative estimate of drug-likeness (QED) is 0.908. The van der Waals surface area contributed by atoms with E-state index in [1.165, 1.54) is 0 Å². The molecule has 2 heterocycles. The fourth-order valence-corrected chi connectivity index (χ4v) is 3.21. The number of anilines is 1. The molecule has 3 rings (SSSR count). The van der Waals surface area contributed by atoms with Gasteiger partial charge in [0.15, 0.2) is 0 Å². The van der Waals surface area contributed by atoms with Gasteiger partial charge in [-0.25, -0.2) is 0 Å². The number of methoxy groups -OCH3 is 1. The zero-order valence-electron chi connectivity index (χ0n) is 13.4. The van der Waals surface area contributed by atoms with Gasteiger partial charge in [-0.3, -0.25) is 4.79 Å². The molecule has 120 valence electrons. The van der Waals surface area contributed by atoms with Crippen LogP contribution in [0.2, 0.25) is 0 Å². The molecule has 0 aromatic heterocycles. The summed E-state index contributed by atoms with van der Waals surface area (Å²) in [7, 11) is 1.70. The molecular formula is C17H25N3O2. The number of amides is 1. The lowest BCUT2D eigenvalue weighted by Crippen LogP contribution is -2.54. The molecule has 5 nitrogen and oxygen atoms in total. The predicted octanol–water partition coefficient (Wildman–Crippen LogP) is 1.20. The van der Waals surface area contributed by atoms with Crippen molar-refractivity contribution in [2.45, 2.75) is 6.92 Å². The Morgan fingerprint density at radius 1 is 1.23 bits per heavy atom. The van der Waals surface area contributed by atoms with E-state index in [0.29, 0.717) is 11.8 Å². The number of carbonyl (C=O) groups is 1. The van der Waals surface area contributed by atoms with Gasteiger partial charge in [-0.05, 0) is 31.1 Å². The molecule has 1 amide bonds. The Labute approximate surface area is 132 Å². The fraction of sp³-hybridized carbons (Fsp3) is 0.588. The molecular weight excluding hydrogens is 278 g/mol. The summed E-state index contributed by atoms with van der Waals surface area (Å²) in [6.45, 7) is 7.34. The molecule has 1 aromatic carbocycles. The van der Waals surface area contributed by atoms with Gasteiger partial charge in [0.05, 0.1) is 12.8 Å². The largest absolute Gasteiger partial charge is 0.495 e. The van der Waals surface area contributed by atoms with Crippen molar-refractivity contribution in [3.63, 3.8) is 0 Å². The average molecular weight is 303 g/mol. The highest BCUT2D eigenvalue weighted by Crippen LogP contribution is 2.28. The van der Waals surface area contributed by atoms with Crippen LogP contribution < -0.4 is 15.0 Å². The molecule has 0 saturated carbocycles.